The molecule has 2 aromatic rings. The van der Waals surface area contributed by atoms with E-state index in [1.165, 1.54) is 0 Å². The van der Waals surface area contributed by atoms with Gasteiger partial charge in [-0.3, -0.25) is 9.89 Å². The second-order valence-corrected chi connectivity index (χ2v) is 5.57. The van der Waals surface area contributed by atoms with Gasteiger partial charge < -0.3 is 10.1 Å². The van der Waals surface area contributed by atoms with Gasteiger partial charge in [0.15, 0.2) is 5.69 Å². The summed E-state index contributed by atoms with van der Waals surface area (Å²) in [6, 6.07) is 9.03. The highest BCUT2D eigenvalue weighted by Gasteiger charge is 2.19. The van der Waals surface area contributed by atoms with E-state index in [0.717, 1.165) is 5.69 Å². The number of carbonyl (C=O) groups is 1. The molecule has 0 aliphatic rings. The number of aromatic amines is 1. The lowest BCUT2D eigenvalue weighted by molar-refractivity contribution is 0.102. The number of aromatic nitrogens is 2. The average Bonchev–Trinajstić information content (AvgIpc) is 2.89. The molecule has 2 N–H and O–H groups in total. The van der Waals surface area contributed by atoms with Gasteiger partial charge in [0.25, 0.3) is 5.91 Å². The molecule has 0 aliphatic heterocycles. The minimum absolute atomic E-state index is 0.0734. The molecule has 0 atom stereocenters. The number of ether oxygens (including phenoxy) is 1. The number of anilines is 1. The number of nitrogens with zero attached hydrogens (tertiary/aromatic N) is 1. The van der Waals surface area contributed by atoms with Crippen LogP contribution in [0, 0.1) is 0 Å². The smallest absolute Gasteiger partial charge is 0.276 e. The number of amides is 1. The fourth-order valence-electron chi connectivity index (χ4n) is 1.76. The van der Waals surface area contributed by atoms with E-state index >= 15 is 0 Å². The van der Waals surface area contributed by atoms with Gasteiger partial charge in [0.1, 0.15) is 5.75 Å². The molecule has 0 fully saturated rings. The summed E-state index contributed by atoms with van der Waals surface area (Å²) >= 11 is 0. The molecule has 1 heterocycles. The maximum absolute atomic E-state index is 12.2. The zero-order valence-corrected chi connectivity index (χ0v) is 12.2. The Morgan fingerprint density at radius 1 is 1.30 bits per heavy atom. The molecule has 0 saturated heterocycles. The van der Waals surface area contributed by atoms with Crippen LogP contribution >= 0.6 is 0 Å². The Morgan fingerprint density at radius 2 is 2.00 bits per heavy atom. The van der Waals surface area contributed by atoms with Crippen molar-refractivity contribution >= 4 is 11.6 Å². The average molecular weight is 273 g/mol. The highest BCUT2D eigenvalue weighted by molar-refractivity contribution is 6.03. The summed E-state index contributed by atoms with van der Waals surface area (Å²) in [6.45, 7) is 6.17. The second-order valence-electron chi connectivity index (χ2n) is 5.57. The Labute approximate surface area is 118 Å². The van der Waals surface area contributed by atoms with E-state index in [1.807, 2.05) is 12.1 Å². The molecule has 5 heteroatoms. The maximum Gasteiger partial charge on any atom is 0.276 e. The van der Waals surface area contributed by atoms with Gasteiger partial charge in [0.05, 0.1) is 12.8 Å². The molecule has 2 rings (SSSR count). The molecular formula is C15H19N3O2. The predicted octanol–water partition coefficient (Wildman–Crippen LogP) is 2.97. The molecule has 20 heavy (non-hydrogen) atoms. The number of H-pyrrole nitrogens is 1. The van der Waals surface area contributed by atoms with Crippen LogP contribution in [0.15, 0.2) is 30.3 Å². The molecule has 106 valence electrons. The molecule has 0 bridgehead atoms. The molecule has 0 aliphatic carbocycles. The minimum Gasteiger partial charge on any atom is -0.495 e. The number of hydrogen-bond donors (Lipinski definition) is 2. The van der Waals surface area contributed by atoms with Crippen molar-refractivity contribution in [3.8, 4) is 5.75 Å². The van der Waals surface area contributed by atoms with E-state index in [-0.39, 0.29) is 11.3 Å². The Balaban J connectivity index is 2.18. The fraction of sp³-hybridized carbons (Fsp3) is 0.333. The molecule has 1 amide bonds. The molecule has 0 unspecified atom stereocenters. The maximum atomic E-state index is 12.2. The van der Waals surface area contributed by atoms with Crippen molar-refractivity contribution in [2.45, 2.75) is 26.2 Å². The van der Waals surface area contributed by atoms with E-state index < -0.39 is 0 Å². The number of benzene rings is 1. The van der Waals surface area contributed by atoms with Gasteiger partial charge in [-0.05, 0) is 18.2 Å². The van der Waals surface area contributed by atoms with Gasteiger partial charge in [-0.25, -0.2) is 0 Å². The van der Waals surface area contributed by atoms with Crippen LogP contribution in [0.4, 0.5) is 5.69 Å². The minimum atomic E-state index is -0.263. The third kappa shape index (κ3) is 2.99. The number of nitrogens with one attached hydrogen (secondary N) is 2. The summed E-state index contributed by atoms with van der Waals surface area (Å²) in [5, 5.41) is 9.75. The molecular weight excluding hydrogens is 254 g/mol. The van der Waals surface area contributed by atoms with Crippen molar-refractivity contribution in [1.82, 2.24) is 10.2 Å². The van der Waals surface area contributed by atoms with Gasteiger partial charge in [0.2, 0.25) is 0 Å². The lowest BCUT2D eigenvalue weighted by Crippen LogP contribution is -2.13. The Morgan fingerprint density at radius 3 is 2.60 bits per heavy atom. The molecule has 0 saturated carbocycles. The summed E-state index contributed by atoms with van der Waals surface area (Å²) in [5.41, 5.74) is 1.83. The van der Waals surface area contributed by atoms with Gasteiger partial charge >= 0.3 is 0 Å². The first kappa shape index (κ1) is 14.1. The normalized spacial score (nSPS) is 11.2. The lowest BCUT2D eigenvalue weighted by Gasteiger charge is -2.14. The molecule has 0 radical (unpaired) electrons. The molecule has 0 spiro atoms. The Kier molecular flexibility index (Phi) is 3.79. The molecule has 1 aromatic heterocycles. The van der Waals surface area contributed by atoms with Gasteiger partial charge in [-0.2, -0.15) is 5.10 Å². The third-order valence-corrected chi connectivity index (χ3v) is 2.97. The summed E-state index contributed by atoms with van der Waals surface area (Å²) < 4.78 is 5.20. The number of hydrogen-bond acceptors (Lipinski definition) is 3. The van der Waals surface area contributed by atoms with E-state index in [9.17, 15) is 4.79 Å². The SMILES string of the molecule is COc1ccccc1NC(=O)c1cc(C(C)(C)C)[nH]n1. The zero-order chi connectivity index (χ0) is 14.8. The lowest BCUT2D eigenvalue weighted by atomic mass is 9.92. The van der Waals surface area contributed by atoms with Gasteiger partial charge in [-0.1, -0.05) is 32.9 Å². The second kappa shape index (κ2) is 5.36. The topological polar surface area (TPSA) is 67.0 Å². The van der Waals surface area contributed by atoms with Crippen molar-refractivity contribution in [3.05, 3.63) is 41.7 Å². The summed E-state index contributed by atoms with van der Waals surface area (Å²) in [5.74, 6) is 0.355. The van der Waals surface area contributed by atoms with Crippen LogP contribution < -0.4 is 10.1 Å². The van der Waals surface area contributed by atoms with Crippen LogP contribution in [0.1, 0.15) is 37.0 Å². The van der Waals surface area contributed by atoms with Crippen LogP contribution in [0.3, 0.4) is 0 Å². The first-order chi connectivity index (χ1) is 9.41. The number of methoxy groups -OCH3 is 1. The largest absolute Gasteiger partial charge is 0.495 e. The highest BCUT2D eigenvalue weighted by Crippen LogP contribution is 2.24. The van der Waals surface area contributed by atoms with Crippen molar-refractivity contribution < 1.29 is 9.53 Å². The molecule has 5 nitrogen and oxygen atoms in total. The summed E-state index contributed by atoms with van der Waals surface area (Å²) in [7, 11) is 1.57. The number of para-hydroxylation sites is 2. The van der Waals surface area contributed by atoms with Crippen LogP contribution in [-0.4, -0.2) is 23.2 Å². The van der Waals surface area contributed by atoms with Crippen molar-refractivity contribution in [3.63, 3.8) is 0 Å². The molecule has 1 aromatic carbocycles. The predicted molar refractivity (Wildman–Crippen MR) is 78.2 cm³/mol. The zero-order valence-electron chi connectivity index (χ0n) is 12.2. The van der Waals surface area contributed by atoms with E-state index in [1.54, 1.807) is 25.3 Å². The fourth-order valence-corrected chi connectivity index (χ4v) is 1.76. The van der Waals surface area contributed by atoms with Gasteiger partial charge in [0, 0.05) is 11.1 Å². The Hall–Kier alpha value is -2.30. The van der Waals surface area contributed by atoms with E-state index in [0.29, 0.717) is 17.1 Å². The van der Waals surface area contributed by atoms with Crippen LogP contribution in [0.2, 0.25) is 0 Å². The Bertz CT molecular complexity index is 612. The summed E-state index contributed by atoms with van der Waals surface area (Å²) in [6.07, 6.45) is 0. The third-order valence-electron chi connectivity index (χ3n) is 2.97. The number of carbonyl (C=O) groups excluding carboxylic acids is 1. The first-order valence-electron chi connectivity index (χ1n) is 6.42. The highest BCUT2D eigenvalue weighted by atomic mass is 16.5. The number of rotatable bonds is 3. The first-order valence-corrected chi connectivity index (χ1v) is 6.42. The standard InChI is InChI=1S/C15H19N3O2/c1-15(2,3)13-9-11(17-18-13)14(19)16-10-7-5-6-8-12(10)20-4/h5-9H,1-4H3,(H,16,19)(H,17,18). The summed E-state index contributed by atoms with van der Waals surface area (Å²) in [4.78, 5) is 12.2. The quantitative estimate of drug-likeness (QED) is 0.903. The van der Waals surface area contributed by atoms with Crippen LogP contribution in [0.25, 0.3) is 0 Å². The van der Waals surface area contributed by atoms with Crippen molar-refractivity contribution in [2.24, 2.45) is 0 Å². The van der Waals surface area contributed by atoms with Crippen LogP contribution in [0.5, 0.6) is 5.75 Å². The van der Waals surface area contributed by atoms with Gasteiger partial charge in [-0.15, -0.1) is 0 Å². The monoisotopic (exact) mass is 273 g/mol. The van der Waals surface area contributed by atoms with Crippen molar-refractivity contribution in [1.29, 1.82) is 0 Å². The van der Waals surface area contributed by atoms with Crippen molar-refractivity contribution in [2.75, 3.05) is 12.4 Å². The van der Waals surface area contributed by atoms with E-state index in [2.05, 4.69) is 36.3 Å². The van der Waals surface area contributed by atoms with Crippen LogP contribution in [-0.2, 0) is 5.41 Å². The van der Waals surface area contributed by atoms with E-state index in [4.69, 9.17) is 4.74 Å².